The van der Waals surface area contributed by atoms with Gasteiger partial charge in [-0.3, -0.25) is 4.21 Å². The third-order valence-corrected chi connectivity index (χ3v) is 5.55. The van der Waals surface area contributed by atoms with Crippen molar-refractivity contribution in [2.24, 2.45) is 5.92 Å². The van der Waals surface area contributed by atoms with Crippen molar-refractivity contribution in [3.8, 4) is 0 Å². The van der Waals surface area contributed by atoms with Crippen LogP contribution in [0, 0.1) is 5.92 Å². The highest BCUT2D eigenvalue weighted by Gasteiger charge is 2.18. The van der Waals surface area contributed by atoms with Gasteiger partial charge >= 0.3 is 0 Å². The third-order valence-electron chi connectivity index (χ3n) is 4.11. The molecule has 0 aliphatic carbocycles. The van der Waals surface area contributed by atoms with Gasteiger partial charge in [-0.1, -0.05) is 57.5 Å². The summed E-state index contributed by atoms with van der Waals surface area (Å²) in [6.07, 6.45) is 1.10. The molecule has 0 bridgehead atoms. The monoisotopic (exact) mass is 303 g/mol. The molecule has 2 nitrogen and oxygen atoms in total. The van der Waals surface area contributed by atoms with Crippen LogP contribution in [0.4, 0.5) is 0 Å². The van der Waals surface area contributed by atoms with Gasteiger partial charge in [-0.2, -0.15) is 0 Å². The molecule has 0 saturated heterocycles. The molecule has 2 aromatic carbocycles. The fourth-order valence-corrected chi connectivity index (χ4v) is 3.98. The number of hydrogen-bond donors (Lipinski definition) is 1. The summed E-state index contributed by atoms with van der Waals surface area (Å²) in [5.74, 6) is 1.22. The van der Waals surface area contributed by atoms with Gasteiger partial charge in [0.2, 0.25) is 0 Å². The Balaban J connectivity index is 2.16. The number of nitrogens with one attached hydrogen (secondary N) is 1. The minimum Gasteiger partial charge on any atom is -0.313 e. The van der Waals surface area contributed by atoms with Crippen LogP contribution in [-0.2, 0) is 10.8 Å². The van der Waals surface area contributed by atoms with E-state index < -0.39 is 10.8 Å². The molecular weight excluding hydrogens is 278 g/mol. The highest BCUT2D eigenvalue weighted by atomic mass is 32.2. The second-order valence-electron chi connectivity index (χ2n) is 5.57. The smallest absolute Gasteiger partial charge is 0.0545 e. The van der Waals surface area contributed by atoms with Crippen molar-refractivity contribution in [2.75, 3.05) is 12.3 Å². The molecule has 2 rings (SSSR count). The van der Waals surface area contributed by atoms with Gasteiger partial charge in [-0.15, -0.1) is 0 Å². The van der Waals surface area contributed by atoms with E-state index in [4.69, 9.17) is 0 Å². The molecule has 0 spiro atoms. The van der Waals surface area contributed by atoms with E-state index in [0.717, 1.165) is 23.2 Å². The van der Waals surface area contributed by atoms with Crippen LogP contribution in [0.1, 0.15) is 27.2 Å². The molecule has 2 aromatic rings. The van der Waals surface area contributed by atoms with Crippen LogP contribution in [0.25, 0.3) is 10.8 Å². The number of rotatable bonds is 7. The van der Waals surface area contributed by atoms with Gasteiger partial charge in [0.1, 0.15) is 0 Å². The lowest BCUT2D eigenvalue weighted by Crippen LogP contribution is -2.39. The van der Waals surface area contributed by atoms with Gasteiger partial charge in [0.05, 0.1) is 10.8 Å². The van der Waals surface area contributed by atoms with E-state index in [0.29, 0.717) is 17.7 Å². The van der Waals surface area contributed by atoms with Gasteiger partial charge in [-0.05, 0) is 35.4 Å². The highest BCUT2D eigenvalue weighted by Crippen LogP contribution is 2.19. The normalized spacial score (nSPS) is 15.8. The van der Waals surface area contributed by atoms with E-state index in [1.807, 2.05) is 18.2 Å². The van der Waals surface area contributed by atoms with Crippen molar-refractivity contribution in [1.82, 2.24) is 5.32 Å². The first kappa shape index (κ1) is 16.2. The predicted molar refractivity (Wildman–Crippen MR) is 92.1 cm³/mol. The SMILES string of the molecule is CCNC(CS(=O)c1ccc2ccccc2c1)C(C)CC. The summed E-state index contributed by atoms with van der Waals surface area (Å²) in [5.41, 5.74) is 0. The average molecular weight is 303 g/mol. The maximum atomic E-state index is 12.7. The molecule has 0 saturated carbocycles. The van der Waals surface area contributed by atoms with Crippen LogP contribution >= 0.6 is 0 Å². The molecule has 114 valence electrons. The molecule has 0 aliphatic rings. The van der Waals surface area contributed by atoms with Gasteiger partial charge in [0.15, 0.2) is 0 Å². The zero-order chi connectivity index (χ0) is 15.2. The first-order valence-corrected chi connectivity index (χ1v) is 9.08. The van der Waals surface area contributed by atoms with Crippen LogP contribution < -0.4 is 5.32 Å². The van der Waals surface area contributed by atoms with Crippen molar-refractivity contribution < 1.29 is 4.21 Å². The molecule has 3 heteroatoms. The van der Waals surface area contributed by atoms with Crippen molar-refractivity contribution >= 4 is 21.6 Å². The Kier molecular flexibility index (Phi) is 5.95. The van der Waals surface area contributed by atoms with Crippen LogP contribution in [0.2, 0.25) is 0 Å². The second kappa shape index (κ2) is 7.71. The van der Waals surface area contributed by atoms with Gasteiger partial charge < -0.3 is 5.32 Å². The lowest BCUT2D eigenvalue weighted by molar-refractivity contribution is 0.401. The number of benzene rings is 2. The molecule has 0 radical (unpaired) electrons. The Hall–Kier alpha value is -1.19. The van der Waals surface area contributed by atoms with Crippen LogP contribution in [0.5, 0.6) is 0 Å². The Bertz CT molecular complexity index is 611. The third kappa shape index (κ3) is 4.14. The summed E-state index contributed by atoms with van der Waals surface area (Å²) >= 11 is 0. The Labute approximate surface area is 130 Å². The lowest BCUT2D eigenvalue weighted by atomic mass is 10.0. The molecule has 3 atom stereocenters. The van der Waals surface area contributed by atoms with Crippen molar-refractivity contribution in [2.45, 2.75) is 38.1 Å². The molecule has 0 heterocycles. The van der Waals surface area contributed by atoms with E-state index in [-0.39, 0.29) is 0 Å². The first-order valence-electron chi connectivity index (χ1n) is 7.76. The standard InChI is InChI=1S/C18H25NOS/c1-4-14(3)18(19-5-2)13-21(20)17-11-10-15-8-6-7-9-16(15)12-17/h6-12,14,18-19H,4-5,13H2,1-3H3. The Morgan fingerprint density at radius 1 is 1.10 bits per heavy atom. The van der Waals surface area contributed by atoms with E-state index >= 15 is 0 Å². The van der Waals surface area contributed by atoms with Crippen molar-refractivity contribution in [3.63, 3.8) is 0 Å². The molecule has 0 amide bonds. The zero-order valence-corrected chi connectivity index (χ0v) is 14.0. The number of fused-ring (bicyclic) bond motifs is 1. The lowest BCUT2D eigenvalue weighted by Gasteiger charge is -2.23. The topological polar surface area (TPSA) is 29.1 Å². The minimum absolute atomic E-state index is 0.312. The molecule has 3 unspecified atom stereocenters. The van der Waals surface area contributed by atoms with Crippen molar-refractivity contribution in [1.29, 1.82) is 0 Å². The predicted octanol–water partition coefficient (Wildman–Crippen LogP) is 3.97. The van der Waals surface area contributed by atoms with Gasteiger partial charge in [0.25, 0.3) is 0 Å². The second-order valence-corrected chi connectivity index (χ2v) is 7.07. The summed E-state index contributed by atoms with van der Waals surface area (Å²) in [5, 5.41) is 5.83. The largest absolute Gasteiger partial charge is 0.313 e. The maximum Gasteiger partial charge on any atom is 0.0545 e. The van der Waals surface area contributed by atoms with Crippen molar-refractivity contribution in [3.05, 3.63) is 42.5 Å². The summed E-state index contributed by atoms with van der Waals surface area (Å²) in [7, 11) is -0.956. The van der Waals surface area contributed by atoms with E-state index in [1.165, 1.54) is 5.39 Å². The van der Waals surface area contributed by atoms with Crippen LogP contribution in [0.15, 0.2) is 47.4 Å². The molecule has 0 fully saturated rings. The van der Waals surface area contributed by atoms with E-state index in [1.54, 1.807) is 0 Å². The van der Waals surface area contributed by atoms with E-state index in [2.05, 4.69) is 50.4 Å². The molecule has 1 N–H and O–H groups in total. The molecule has 21 heavy (non-hydrogen) atoms. The summed E-state index contributed by atoms with van der Waals surface area (Å²) in [6, 6.07) is 14.7. The zero-order valence-electron chi connectivity index (χ0n) is 13.1. The number of hydrogen-bond acceptors (Lipinski definition) is 2. The summed E-state index contributed by atoms with van der Waals surface area (Å²) in [6.45, 7) is 7.44. The van der Waals surface area contributed by atoms with Gasteiger partial charge in [-0.25, -0.2) is 0 Å². The molecular formula is C18H25NOS. The van der Waals surface area contributed by atoms with E-state index in [9.17, 15) is 4.21 Å². The first-order chi connectivity index (χ1) is 10.2. The average Bonchev–Trinajstić information content (AvgIpc) is 2.53. The molecule has 0 aromatic heterocycles. The summed E-state index contributed by atoms with van der Waals surface area (Å²) < 4.78 is 12.7. The highest BCUT2D eigenvalue weighted by molar-refractivity contribution is 7.85. The maximum absolute atomic E-state index is 12.7. The fourth-order valence-electron chi connectivity index (χ4n) is 2.54. The molecule has 0 aliphatic heterocycles. The minimum atomic E-state index is -0.956. The summed E-state index contributed by atoms with van der Waals surface area (Å²) in [4.78, 5) is 0.930. The fraction of sp³-hybridized carbons (Fsp3) is 0.444. The quantitative estimate of drug-likeness (QED) is 0.838. The van der Waals surface area contributed by atoms with Gasteiger partial charge in [0, 0.05) is 16.7 Å². The Morgan fingerprint density at radius 3 is 2.48 bits per heavy atom. The van der Waals surface area contributed by atoms with Crippen LogP contribution in [-0.4, -0.2) is 22.5 Å². The van der Waals surface area contributed by atoms with Crippen LogP contribution in [0.3, 0.4) is 0 Å². The Morgan fingerprint density at radius 2 is 1.81 bits per heavy atom.